The van der Waals surface area contributed by atoms with Crippen LogP contribution in [-0.2, 0) is 9.53 Å². The standard InChI is InChI=1S/C17H30N2O2/c18-17(11-12-21-13-17)16(20)19(14-7-3-1-4-8-14)15-9-5-2-6-10-15/h14-15H,1-13,18H2. The van der Waals surface area contributed by atoms with Gasteiger partial charge in [0.15, 0.2) is 0 Å². The third-order valence-electron chi connectivity index (χ3n) is 5.65. The predicted molar refractivity (Wildman–Crippen MR) is 82.9 cm³/mol. The van der Waals surface area contributed by atoms with E-state index in [2.05, 4.69) is 4.90 Å². The molecule has 1 heterocycles. The molecule has 120 valence electrons. The summed E-state index contributed by atoms with van der Waals surface area (Å²) in [6.07, 6.45) is 13.0. The lowest BCUT2D eigenvalue weighted by Crippen LogP contribution is -2.61. The third-order valence-corrected chi connectivity index (χ3v) is 5.65. The van der Waals surface area contributed by atoms with Crippen molar-refractivity contribution in [2.45, 2.75) is 88.3 Å². The van der Waals surface area contributed by atoms with Crippen LogP contribution in [0.5, 0.6) is 0 Å². The molecule has 0 aromatic rings. The lowest BCUT2D eigenvalue weighted by molar-refractivity contribution is -0.144. The van der Waals surface area contributed by atoms with Crippen LogP contribution in [0.3, 0.4) is 0 Å². The molecular formula is C17H30N2O2. The molecule has 4 heteroatoms. The Labute approximate surface area is 128 Å². The predicted octanol–water partition coefficient (Wildman–Crippen LogP) is 2.60. The second kappa shape index (κ2) is 6.66. The number of amides is 1. The maximum Gasteiger partial charge on any atom is 0.245 e. The molecule has 3 fully saturated rings. The number of hydrogen-bond acceptors (Lipinski definition) is 3. The summed E-state index contributed by atoms with van der Waals surface area (Å²) in [7, 11) is 0. The molecule has 0 aromatic carbocycles. The number of nitrogens with two attached hydrogens (primary N) is 1. The summed E-state index contributed by atoms with van der Waals surface area (Å²) in [6, 6.07) is 0.853. The summed E-state index contributed by atoms with van der Waals surface area (Å²) >= 11 is 0. The summed E-state index contributed by atoms with van der Waals surface area (Å²) in [5.41, 5.74) is 5.65. The molecule has 2 aliphatic carbocycles. The van der Waals surface area contributed by atoms with Crippen LogP contribution in [-0.4, -0.2) is 41.6 Å². The molecule has 0 radical (unpaired) electrons. The SMILES string of the molecule is NC1(C(=O)N(C2CCCCC2)C2CCCCC2)CCOC1. The molecule has 3 rings (SSSR count). The fourth-order valence-electron chi connectivity index (χ4n) is 4.35. The van der Waals surface area contributed by atoms with Crippen LogP contribution in [0.2, 0.25) is 0 Å². The summed E-state index contributed by atoms with van der Waals surface area (Å²) in [6.45, 7) is 1.03. The van der Waals surface area contributed by atoms with E-state index in [-0.39, 0.29) is 5.91 Å². The Hall–Kier alpha value is -0.610. The smallest absolute Gasteiger partial charge is 0.245 e. The average Bonchev–Trinajstić information content (AvgIpc) is 2.98. The number of nitrogens with zero attached hydrogens (tertiary/aromatic N) is 1. The van der Waals surface area contributed by atoms with Gasteiger partial charge in [-0.15, -0.1) is 0 Å². The highest BCUT2D eigenvalue weighted by Crippen LogP contribution is 2.33. The van der Waals surface area contributed by atoms with E-state index in [4.69, 9.17) is 10.5 Å². The molecule has 0 spiro atoms. The molecule has 1 atom stereocenters. The van der Waals surface area contributed by atoms with Gasteiger partial charge in [0.2, 0.25) is 5.91 Å². The number of carbonyl (C=O) groups is 1. The fourth-order valence-corrected chi connectivity index (χ4v) is 4.35. The van der Waals surface area contributed by atoms with Crippen molar-refractivity contribution in [3.05, 3.63) is 0 Å². The van der Waals surface area contributed by atoms with Crippen LogP contribution in [0, 0.1) is 0 Å². The van der Waals surface area contributed by atoms with Gasteiger partial charge >= 0.3 is 0 Å². The zero-order chi connectivity index (χ0) is 14.7. The summed E-state index contributed by atoms with van der Waals surface area (Å²) in [5, 5.41) is 0. The quantitative estimate of drug-likeness (QED) is 0.870. The molecule has 1 saturated heterocycles. The van der Waals surface area contributed by atoms with E-state index in [0.29, 0.717) is 31.7 Å². The van der Waals surface area contributed by atoms with Gasteiger partial charge in [-0.3, -0.25) is 4.79 Å². The normalized spacial score (nSPS) is 32.2. The highest BCUT2D eigenvalue weighted by Gasteiger charge is 2.45. The second-order valence-corrected chi connectivity index (χ2v) is 7.25. The van der Waals surface area contributed by atoms with Crippen molar-refractivity contribution in [2.75, 3.05) is 13.2 Å². The highest BCUT2D eigenvalue weighted by atomic mass is 16.5. The molecule has 21 heavy (non-hydrogen) atoms. The Morgan fingerprint density at radius 1 is 0.952 bits per heavy atom. The van der Waals surface area contributed by atoms with Crippen molar-refractivity contribution in [3.8, 4) is 0 Å². The largest absolute Gasteiger partial charge is 0.379 e. The monoisotopic (exact) mass is 294 g/mol. The van der Waals surface area contributed by atoms with Gasteiger partial charge in [0.1, 0.15) is 5.54 Å². The zero-order valence-electron chi connectivity index (χ0n) is 13.2. The average molecular weight is 294 g/mol. The van der Waals surface area contributed by atoms with E-state index in [1.807, 2.05) is 0 Å². The van der Waals surface area contributed by atoms with Gasteiger partial charge < -0.3 is 15.4 Å². The van der Waals surface area contributed by atoms with Crippen LogP contribution in [0.15, 0.2) is 0 Å². The van der Waals surface area contributed by atoms with Gasteiger partial charge in [0, 0.05) is 18.7 Å². The first-order valence-electron chi connectivity index (χ1n) is 8.90. The van der Waals surface area contributed by atoms with Crippen molar-refractivity contribution in [2.24, 2.45) is 5.73 Å². The lowest BCUT2D eigenvalue weighted by atomic mass is 9.86. The van der Waals surface area contributed by atoms with Gasteiger partial charge in [-0.1, -0.05) is 38.5 Å². The van der Waals surface area contributed by atoms with Gasteiger partial charge in [-0.2, -0.15) is 0 Å². The Morgan fingerprint density at radius 2 is 1.48 bits per heavy atom. The highest BCUT2D eigenvalue weighted by molar-refractivity contribution is 5.87. The molecule has 1 amide bonds. The van der Waals surface area contributed by atoms with Gasteiger partial charge in [-0.25, -0.2) is 0 Å². The molecule has 1 aliphatic heterocycles. The first-order chi connectivity index (χ1) is 10.2. The molecule has 2 saturated carbocycles. The molecule has 1 unspecified atom stereocenters. The van der Waals surface area contributed by atoms with Crippen molar-refractivity contribution in [1.29, 1.82) is 0 Å². The first kappa shape index (κ1) is 15.3. The van der Waals surface area contributed by atoms with E-state index in [1.165, 1.54) is 64.2 Å². The lowest BCUT2D eigenvalue weighted by Gasteiger charge is -2.44. The Kier molecular flexibility index (Phi) is 4.85. The maximum absolute atomic E-state index is 13.2. The van der Waals surface area contributed by atoms with E-state index in [0.717, 1.165) is 0 Å². The number of rotatable bonds is 3. The van der Waals surface area contributed by atoms with Gasteiger partial charge in [0.05, 0.1) is 6.61 Å². The molecule has 0 bridgehead atoms. The van der Waals surface area contributed by atoms with Crippen molar-refractivity contribution < 1.29 is 9.53 Å². The first-order valence-corrected chi connectivity index (χ1v) is 8.90. The Bertz CT molecular complexity index is 336. The fraction of sp³-hybridized carbons (Fsp3) is 0.941. The van der Waals surface area contributed by atoms with E-state index in [9.17, 15) is 4.79 Å². The number of carbonyl (C=O) groups excluding carboxylic acids is 1. The minimum atomic E-state index is -0.755. The molecule has 4 nitrogen and oxygen atoms in total. The topological polar surface area (TPSA) is 55.6 Å². The van der Waals surface area contributed by atoms with E-state index >= 15 is 0 Å². The van der Waals surface area contributed by atoms with Crippen molar-refractivity contribution >= 4 is 5.91 Å². The second-order valence-electron chi connectivity index (χ2n) is 7.25. The van der Waals surface area contributed by atoms with Gasteiger partial charge in [0.25, 0.3) is 0 Å². The molecule has 2 N–H and O–H groups in total. The third kappa shape index (κ3) is 3.26. The van der Waals surface area contributed by atoms with Crippen LogP contribution < -0.4 is 5.73 Å². The minimum absolute atomic E-state index is 0.179. The summed E-state index contributed by atoms with van der Waals surface area (Å²) < 4.78 is 5.43. The number of ether oxygens (including phenoxy) is 1. The Morgan fingerprint density at radius 3 is 1.90 bits per heavy atom. The van der Waals surface area contributed by atoms with E-state index < -0.39 is 5.54 Å². The van der Waals surface area contributed by atoms with Crippen molar-refractivity contribution in [3.63, 3.8) is 0 Å². The van der Waals surface area contributed by atoms with Crippen LogP contribution in [0.4, 0.5) is 0 Å². The molecule has 0 aromatic heterocycles. The van der Waals surface area contributed by atoms with E-state index in [1.54, 1.807) is 0 Å². The maximum atomic E-state index is 13.2. The van der Waals surface area contributed by atoms with Crippen LogP contribution >= 0.6 is 0 Å². The number of hydrogen-bond donors (Lipinski definition) is 1. The van der Waals surface area contributed by atoms with Gasteiger partial charge in [-0.05, 0) is 32.1 Å². The Balaban J connectivity index is 1.78. The molecule has 3 aliphatic rings. The minimum Gasteiger partial charge on any atom is -0.379 e. The molecular weight excluding hydrogens is 264 g/mol. The van der Waals surface area contributed by atoms with Crippen molar-refractivity contribution in [1.82, 2.24) is 4.90 Å². The summed E-state index contributed by atoms with van der Waals surface area (Å²) in [5.74, 6) is 0.179. The van der Waals surface area contributed by atoms with Crippen LogP contribution in [0.25, 0.3) is 0 Å². The zero-order valence-corrected chi connectivity index (χ0v) is 13.2. The van der Waals surface area contributed by atoms with Crippen LogP contribution in [0.1, 0.15) is 70.6 Å². The summed E-state index contributed by atoms with van der Waals surface area (Å²) in [4.78, 5) is 15.4.